The predicted molar refractivity (Wildman–Crippen MR) is 121 cm³/mol. The lowest BCUT2D eigenvalue weighted by Gasteiger charge is -2.33. The summed E-state index contributed by atoms with van der Waals surface area (Å²) in [5.74, 6) is -1.79. The zero-order valence-corrected chi connectivity index (χ0v) is 18.8. The van der Waals surface area contributed by atoms with Crippen molar-refractivity contribution in [1.29, 1.82) is 0 Å². The number of alkyl halides is 4. The van der Waals surface area contributed by atoms with Gasteiger partial charge in [-0.1, -0.05) is 12.1 Å². The van der Waals surface area contributed by atoms with E-state index in [0.717, 1.165) is 12.1 Å². The maximum absolute atomic E-state index is 13.9. The van der Waals surface area contributed by atoms with Gasteiger partial charge in [0.1, 0.15) is 11.6 Å². The van der Waals surface area contributed by atoms with Gasteiger partial charge < -0.3 is 14.8 Å². The van der Waals surface area contributed by atoms with Gasteiger partial charge in [-0.15, -0.1) is 0 Å². The monoisotopic (exact) mass is 523 g/mol. The molecule has 0 aliphatic carbocycles. The van der Waals surface area contributed by atoms with Crippen LogP contribution in [-0.4, -0.2) is 29.0 Å². The smallest absolute Gasteiger partial charge is 0.434 e. The molecule has 2 aliphatic heterocycles. The number of fused-ring (bicyclic) bond motifs is 1. The molecule has 1 unspecified atom stereocenters. The fraction of sp³-hybridized carbons (Fsp3) is 0.125. The minimum atomic E-state index is -4.43. The van der Waals surface area contributed by atoms with Gasteiger partial charge in [0.05, 0.1) is 12.2 Å². The van der Waals surface area contributed by atoms with Gasteiger partial charge in [0, 0.05) is 17.3 Å². The Hall–Kier alpha value is -3.99. The summed E-state index contributed by atoms with van der Waals surface area (Å²) in [5.41, 5.74) is 5.34. The standard InChI is InChI=1S/C24H15ClF5N3O3/c25-23(28)24(29,30)36-19-10-9-17(11-20(19)35-23)31-22(34)33-12-18(13-1-5-15(26)6-2-13)21(32-33)14-3-7-16(27)8-4-14/h1-11,32H,12H2,(H,31,34). The van der Waals surface area contributed by atoms with Crippen LogP contribution in [0.3, 0.4) is 0 Å². The lowest BCUT2D eigenvalue weighted by molar-refractivity contribution is -0.303. The third kappa shape index (κ3) is 4.37. The molecule has 3 aromatic rings. The summed E-state index contributed by atoms with van der Waals surface area (Å²) in [5, 5.41) is -0.202. The van der Waals surface area contributed by atoms with Gasteiger partial charge in [0.2, 0.25) is 0 Å². The van der Waals surface area contributed by atoms with Gasteiger partial charge >= 0.3 is 17.5 Å². The van der Waals surface area contributed by atoms with Crippen LogP contribution in [0, 0.1) is 11.6 Å². The van der Waals surface area contributed by atoms with Crippen LogP contribution < -0.4 is 20.2 Å². The molecular formula is C24H15ClF5N3O3. The molecule has 2 amide bonds. The van der Waals surface area contributed by atoms with Crippen LogP contribution in [0.1, 0.15) is 11.1 Å². The van der Waals surface area contributed by atoms with E-state index in [1.807, 2.05) is 0 Å². The molecule has 12 heteroatoms. The van der Waals surface area contributed by atoms with Gasteiger partial charge in [0.15, 0.2) is 11.5 Å². The van der Waals surface area contributed by atoms with Gasteiger partial charge in [-0.2, -0.15) is 13.2 Å². The van der Waals surface area contributed by atoms with Crippen molar-refractivity contribution >= 4 is 34.6 Å². The van der Waals surface area contributed by atoms with Crippen molar-refractivity contribution in [3.05, 3.63) is 89.5 Å². The quantitative estimate of drug-likeness (QED) is 0.321. The molecule has 3 aromatic carbocycles. The Morgan fingerprint density at radius 2 is 1.50 bits per heavy atom. The van der Waals surface area contributed by atoms with E-state index in [1.54, 1.807) is 12.1 Å². The SMILES string of the molecule is O=C(Nc1ccc2c(c1)OC(F)(Cl)C(F)(F)O2)N1CC(c2ccc(F)cc2)=C(c2ccc(F)cc2)N1. The number of carbonyl (C=O) groups is 1. The summed E-state index contributed by atoms with van der Waals surface area (Å²) in [6, 6.07) is 13.9. The first kappa shape index (κ1) is 23.7. The highest BCUT2D eigenvalue weighted by Crippen LogP contribution is 2.48. The number of benzene rings is 3. The van der Waals surface area contributed by atoms with Crippen molar-refractivity contribution in [2.45, 2.75) is 11.4 Å². The maximum Gasteiger partial charge on any atom is 0.488 e. The lowest BCUT2D eigenvalue weighted by atomic mass is 10.0. The predicted octanol–water partition coefficient (Wildman–Crippen LogP) is 6.11. The number of anilines is 1. The molecule has 0 aromatic heterocycles. The first-order chi connectivity index (χ1) is 17.0. The summed E-state index contributed by atoms with van der Waals surface area (Å²) in [7, 11) is 0. The Labute approximate surface area is 205 Å². The molecule has 0 saturated heterocycles. The summed E-state index contributed by atoms with van der Waals surface area (Å²) in [4.78, 5) is 13.0. The Kier molecular flexibility index (Phi) is 5.67. The molecule has 36 heavy (non-hydrogen) atoms. The number of hydrogen-bond acceptors (Lipinski definition) is 4. The van der Waals surface area contributed by atoms with Crippen LogP contribution in [0.5, 0.6) is 11.5 Å². The van der Waals surface area contributed by atoms with Crippen molar-refractivity contribution in [2.75, 3.05) is 11.9 Å². The summed E-state index contributed by atoms with van der Waals surface area (Å²) < 4.78 is 76.8. The number of hydrazine groups is 1. The van der Waals surface area contributed by atoms with Gasteiger partial charge in [0.25, 0.3) is 0 Å². The zero-order chi connectivity index (χ0) is 25.7. The molecule has 0 saturated carbocycles. The lowest BCUT2D eigenvalue weighted by Crippen LogP contribution is -2.51. The second kappa shape index (κ2) is 8.59. The van der Waals surface area contributed by atoms with Gasteiger partial charge in [-0.3, -0.25) is 5.43 Å². The number of nitrogens with one attached hydrogen (secondary N) is 2. The minimum Gasteiger partial charge on any atom is -0.434 e. The van der Waals surface area contributed by atoms with Crippen LogP contribution in [0.15, 0.2) is 66.7 Å². The van der Waals surface area contributed by atoms with Gasteiger partial charge in [-0.05, 0) is 71.3 Å². The number of amides is 2. The van der Waals surface area contributed by atoms with Crippen molar-refractivity contribution in [2.24, 2.45) is 0 Å². The Balaban J connectivity index is 1.38. The molecule has 2 heterocycles. The molecule has 6 nitrogen and oxygen atoms in total. The van der Waals surface area contributed by atoms with E-state index in [9.17, 15) is 26.7 Å². The van der Waals surface area contributed by atoms with Crippen LogP contribution in [0.25, 0.3) is 11.3 Å². The first-order valence-corrected chi connectivity index (χ1v) is 10.8. The van der Waals surface area contributed by atoms with Crippen LogP contribution in [0.4, 0.5) is 32.4 Å². The van der Waals surface area contributed by atoms with Crippen LogP contribution in [0.2, 0.25) is 0 Å². The average molecular weight is 524 g/mol. The van der Waals surface area contributed by atoms with Crippen molar-refractivity contribution in [1.82, 2.24) is 10.4 Å². The highest BCUT2D eigenvalue weighted by Gasteiger charge is 2.63. The third-order valence-electron chi connectivity index (χ3n) is 5.45. The largest absolute Gasteiger partial charge is 0.488 e. The van der Waals surface area contributed by atoms with Crippen LogP contribution >= 0.6 is 11.6 Å². The molecule has 0 spiro atoms. The van der Waals surface area contributed by atoms with E-state index in [0.29, 0.717) is 22.4 Å². The van der Waals surface area contributed by atoms with E-state index >= 15 is 0 Å². The van der Waals surface area contributed by atoms with Crippen LogP contribution in [-0.2, 0) is 0 Å². The van der Waals surface area contributed by atoms with E-state index in [-0.39, 0.29) is 12.2 Å². The summed E-state index contributed by atoms with van der Waals surface area (Å²) in [6.45, 7) is 0.0379. The molecule has 2 aliphatic rings. The molecule has 0 bridgehead atoms. The van der Waals surface area contributed by atoms with Gasteiger partial charge in [-0.25, -0.2) is 18.6 Å². The highest BCUT2D eigenvalue weighted by atomic mass is 35.5. The fourth-order valence-electron chi connectivity index (χ4n) is 3.68. The molecular weight excluding hydrogens is 509 g/mol. The van der Waals surface area contributed by atoms with E-state index in [4.69, 9.17) is 11.6 Å². The number of hydrogen-bond donors (Lipinski definition) is 2. The Morgan fingerprint density at radius 1 is 0.889 bits per heavy atom. The molecule has 5 rings (SSSR count). The third-order valence-corrected chi connectivity index (χ3v) is 5.74. The Bertz CT molecular complexity index is 1310. The molecule has 0 fully saturated rings. The highest BCUT2D eigenvalue weighted by molar-refractivity contribution is 6.22. The number of carbonyl (C=O) groups excluding carboxylic acids is 1. The van der Waals surface area contributed by atoms with Crippen molar-refractivity contribution in [3.8, 4) is 11.5 Å². The summed E-state index contributed by atoms with van der Waals surface area (Å²) in [6.07, 6.45) is -4.43. The van der Waals surface area contributed by atoms with Crippen molar-refractivity contribution < 1.29 is 36.2 Å². The zero-order valence-electron chi connectivity index (χ0n) is 18.0. The molecule has 186 valence electrons. The summed E-state index contributed by atoms with van der Waals surface area (Å²) >= 11 is 5.10. The number of urea groups is 1. The number of rotatable bonds is 3. The number of ether oxygens (including phenoxy) is 2. The van der Waals surface area contributed by atoms with E-state index < -0.39 is 40.6 Å². The minimum absolute atomic E-state index is 0.0379. The normalized spacial score (nSPS) is 20.2. The Morgan fingerprint density at radius 3 is 2.14 bits per heavy atom. The number of nitrogens with zero attached hydrogens (tertiary/aromatic N) is 1. The van der Waals surface area contributed by atoms with E-state index in [1.165, 1.54) is 47.5 Å². The van der Waals surface area contributed by atoms with Crippen molar-refractivity contribution in [3.63, 3.8) is 0 Å². The topological polar surface area (TPSA) is 62.8 Å². The molecule has 1 atom stereocenters. The first-order valence-electron chi connectivity index (χ1n) is 10.4. The second-order valence-electron chi connectivity index (χ2n) is 7.89. The average Bonchev–Trinajstić information content (AvgIpc) is 3.26. The van der Waals surface area contributed by atoms with E-state index in [2.05, 4.69) is 20.2 Å². The number of halogens is 6. The second-order valence-corrected chi connectivity index (χ2v) is 8.38. The fourth-order valence-corrected chi connectivity index (χ4v) is 3.80. The maximum atomic E-state index is 13.9. The molecule has 0 radical (unpaired) electrons. The molecule has 2 N–H and O–H groups in total.